The molecular weight excluding hydrogens is 174 g/mol. The molecule has 0 amide bonds. The average Bonchev–Trinajstić information content (AvgIpc) is 2.66. The standard InChI is InChI=1S/C12H17NO/c1-7-8(2)11-5-10(7)9(3-4-13)12(11)6-14/h9-12,14H,3,5-6H2,1-2H3/t9-,10-,11-,12+/m1/s1. The predicted octanol–water partition coefficient (Wildman–Crippen LogP) is 2.11. The second kappa shape index (κ2) is 3.40. The van der Waals surface area contributed by atoms with Crippen LogP contribution in [0.25, 0.3) is 0 Å². The molecule has 0 aromatic carbocycles. The molecule has 2 heteroatoms. The van der Waals surface area contributed by atoms with Crippen LogP contribution in [-0.2, 0) is 0 Å². The lowest BCUT2D eigenvalue weighted by Gasteiger charge is -2.29. The summed E-state index contributed by atoms with van der Waals surface area (Å²) in [6.45, 7) is 4.63. The molecule has 14 heavy (non-hydrogen) atoms. The van der Waals surface area contributed by atoms with E-state index in [9.17, 15) is 5.11 Å². The lowest BCUT2D eigenvalue weighted by Crippen LogP contribution is -2.26. The van der Waals surface area contributed by atoms with Gasteiger partial charge in [0.25, 0.3) is 0 Å². The minimum atomic E-state index is 0.248. The molecule has 0 spiro atoms. The summed E-state index contributed by atoms with van der Waals surface area (Å²) in [7, 11) is 0. The summed E-state index contributed by atoms with van der Waals surface area (Å²) in [5.74, 6) is 1.90. The normalized spacial score (nSPS) is 40.4. The van der Waals surface area contributed by atoms with Crippen molar-refractivity contribution in [3.05, 3.63) is 11.1 Å². The van der Waals surface area contributed by atoms with Crippen LogP contribution in [-0.4, -0.2) is 11.7 Å². The van der Waals surface area contributed by atoms with Crippen LogP contribution < -0.4 is 0 Å². The lowest BCUT2D eigenvalue weighted by molar-refractivity contribution is 0.159. The Labute approximate surface area is 85.2 Å². The molecular formula is C12H17NO. The van der Waals surface area contributed by atoms with E-state index in [1.54, 1.807) is 0 Å². The monoisotopic (exact) mass is 191 g/mol. The van der Waals surface area contributed by atoms with E-state index in [1.807, 2.05) is 0 Å². The van der Waals surface area contributed by atoms with Crippen LogP contribution in [0.5, 0.6) is 0 Å². The van der Waals surface area contributed by atoms with Crippen LogP contribution in [0.3, 0.4) is 0 Å². The molecule has 2 nitrogen and oxygen atoms in total. The smallest absolute Gasteiger partial charge is 0.0625 e. The zero-order valence-electron chi connectivity index (χ0n) is 8.83. The van der Waals surface area contributed by atoms with E-state index < -0.39 is 0 Å². The van der Waals surface area contributed by atoms with Crippen molar-refractivity contribution >= 4 is 0 Å². The van der Waals surface area contributed by atoms with E-state index >= 15 is 0 Å². The highest BCUT2D eigenvalue weighted by atomic mass is 16.3. The number of nitrogens with zero attached hydrogens (tertiary/aromatic N) is 1. The van der Waals surface area contributed by atoms with E-state index in [1.165, 1.54) is 17.6 Å². The quantitative estimate of drug-likeness (QED) is 0.679. The molecule has 1 N–H and O–H groups in total. The first kappa shape index (κ1) is 9.73. The van der Waals surface area contributed by atoms with Gasteiger partial charge in [0.15, 0.2) is 0 Å². The van der Waals surface area contributed by atoms with Crippen molar-refractivity contribution in [2.75, 3.05) is 6.61 Å². The van der Waals surface area contributed by atoms with Gasteiger partial charge in [-0.25, -0.2) is 0 Å². The van der Waals surface area contributed by atoms with E-state index in [4.69, 9.17) is 5.26 Å². The van der Waals surface area contributed by atoms with Crippen LogP contribution >= 0.6 is 0 Å². The summed E-state index contributed by atoms with van der Waals surface area (Å²) in [5.41, 5.74) is 2.96. The largest absolute Gasteiger partial charge is 0.396 e. The topological polar surface area (TPSA) is 44.0 Å². The Kier molecular flexibility index (Phi) is 2.36. The van der Waals surface area contributed by atoms with Crippen LogP contribution in [0, 0.1) is 35.0 Å². The third-order valence-corrected chi connectivity index (χ3v) is 4.36. The molecule has 0 heterocycles. The van der Waals surface area contributed by atoms with Gasteiger partial charge in [-0.2, -0.15) is 5.26 Å². The van der Waals surface area contributed by atoms with Crippen molar-refractivity contribution in [1.29, 1.82) is 5.26 Å². The fourth-order valence-electron chi connectivity index (χ4n) is 3.46. The molecule has 2 bridgehead atoms. The highest BCUT2D eigenvalue weighted by molar-refractivity contribution is 5.29. The predicted molar refractivity (Wildman–Crippen MR) is 54.3 cm³/mol. The average molecular weight is 191 g/mol. The van der Waals surface area contributed by atoms with Crippen molar-refractivity contribution in [2.24, 2.45) is 23.7 Å². The van der Waals surface area contributed by atoms with Gasteiger partial charge in [-0.1, -0.05) is 11.1 Å². The Morgan fingerprint density at radius 2 is 1.86 bits per heavy atom. The second-order valence-corrected chi connectivity index (χ2v) is 4.69. The lowest BCUT2D eigenvalue weighted by atomic mass is 9.76. The van der Waals surface area contributed by atoms with E-state index in [2.05, 4.69) is 19.9 Å². The minimum Gasteiger partial charge on any atom is -0.396 e. The Balaban J connectivity index is 2.27. The van der Waals surface area contributed by atoms with E-state index in [0.29, 0.717) is 30.1 Å². The van der Waals surface area contributed by atoms with Gasteiger partial charge in [0, 0.05) is 13.0 Å². The number of allylic oxidation sites excluding steroid dienone is 2. The van der Waals surface area contributed by atoms with Gasteiger partial charge >= 0.3 is 0 Å². The van der Waals surface area contributed by atoms with Gasteiger partial charge in [-0.3, -0.25) is 0 Å². The summed E-state index contributed by atoms with van der Waals surface area (Å²) < 4.78 is 0. The third kappa shape index (κ3) is 1.12. The minimum absolute atomic E-state index is 0.248. The SMILES string of the molecule is CC1=C(C)[C@H]2C[C@H]1[C@@H](CO)[C@@H]2CC#N. The van der Waals surface area contributed by atoms with E-state index in [-0.39, 0.29) is 6.61 Å². The molecule has 1 saturated carbocycles. The number of hydrogen-bond acceptors (Lipinski definition) is 2. The molecule has 0 saturated heterocycles. The number of rotatable bonds is 2. The number of fused-ring (bicyclic) bond motifs is 2. The first-order valence-corrected chi connectivity index (χ1v) is 5.35. The zero-order chi connectivity index (χ0) is 10.3. The zero-order valence-corrected chi connectivity index (χ0v) is 8.83. The molecule has 0 aromatic heterocycles. The Hall–Kier alpha value is -0.810. The van der Waals surface area contributed by atoms with Crippen LogP contribution in [0.1, 0.15) is 26.7 Å². The van der Waals surface area contributed by atoms with Crippen molar-refractivity contribution in [1.82, 2.24) is 0 Å². The van der Waals surface area contributed by atoms with Gasteiger partial charge in [0.1, 0.15) is 0 Å². The number of nitriles is 1. The highest BCUT2D eigenvalue weighted by Gasteiger charge is 2.48. The Morgan fingerprint density at radius 1 is 1.29 bits per heavy atom. The molecule has 0 aromatic rings. The second-order valence-electron chi connectivity index (χ2n) is 4.69. The summed E-state index contributed by atoms with van der Waals surface area (Å²) in [4.78, 5) is 0. The highest BCUT2D eigenvalue weighted by Crippen LogP contribution is 2.55. The maximum atomic E-state index is 9.36. The Bertz CT molecular complexity index is 313. The third-order valence-electron chi connectivity index (χ3n) is 4.36. The van der Waals surface area contributed by atoms with Crippen LogP contribution in [0.2, 0.25) is 0 Å². The molecule has 0 unspecified atom stereocenters. The molecule has 2 aliphatic carbocycles. The molecule has 2 rings (SSSR count). The Morgan fingerprint density at radius 3 is 2.36 bits per heavy atom. The van der Waals surface area contributed by atoms with Crippen LogP contribution in [0.15, 0.2) is 11.1 Å². The number of hydrogen-bond donors (Lipinski definition) is 1. The van der Waals surface area contributed by atoms with Crippen molar-refractivity contribution in [2.45, 2.75) is 26.7 Å². The van der Waals surface area contributed by atoms with Gasteiger partial charge in [-0.05, 0) is 43.9 Å². The fraction of sp³-hybridized carbons (Fsp3) is 0.750. The molecule has 4 atom stereocenters. The maximum Gasteiger partial charge on any atom is 0.0625 e. The van der Waals surface area contributed by atoms with E-state index in [0.717, 1.165) is 0 Å². The first-order valence-electron chi connectivity index (χ1n) is 5.35. The summed E-state index contributed by atoms with van der Waals surface area (Å²) in [5, 5.41) is 18.1. The van der Waals surface area contributed by atoms with Gasteiger partial charge in [0.2, 0.25) is 0 Å². The number of aliphatic hydroxyl groups is 1. The van der Waals surface area contributed by atoms with Crippen molar-refractivity contribution < 1.29 is 5.11 Å². The summed E-state index contributed by atoms with van der Waals surface area (Å²) >= 11 is 0. The number of aliphatic hydroxyl groups excluding tert-OH is 1. The summed E-state index contributed by atoms with van der Waals surface area (Å²) in [6.07, 6.45) is 1.78. The van der Waals surface area contributed by atoms with Gasteiger partial charge in [-0.15, -0.1) is 0 Å². The van der Waals surface area contributed by atoms with Crippen molar-refractivity contribution in [3.8, 4) is 6.07 Å². The molecule has 2 aliphatic rings. The summed E-state index contributed by atoms with van der Waals surface area (Å²) in [6, 6.07) is 2.26. The van der Waals surface area contributed by atoms with Crippen LogP contribution in [0.4, 0.5) is 0 Å². The first-order chi connectivity index (χ1) is 6.70. The molecule has 76 valence electrons. The molecule has 1 fully saturated rings. The molecule has 0 radical (unpaired) electrons. The fourth-order valence-corrected chi connectivity index (χ4v) is 3.46. The molecule has 0 aliphatic heterocycles. The maximum absolute atomic E-state index is 9.36. The van der Waals surface area contributed by atoms with Gasteiger partial charge in [0.05, 0.1) is 6.07 Å². The van der Waals surface area contributed by atoms with Crippen molar-refractivity contribution in [3.63, 3.8) is 0 Å². The van der Waals surface area contributed by atoms with Gasteiger partial charge < -0.3 is 5.11 Å².